The molecule has 0 bridgehead atoms. The Hall–Kier alpha value is -8.72. The monoisotopic (exact) mass is 850 g/mol. The number of benzene rings is 11. The maximum atomic E-state index is 2.53. The van der Waals surface area contributed by atoms with E-state index in [0.29, 0.717) is 0 Å². The first-order valence-corrected chi connectivity index (χ1v) is 23.2. The maximum absolute atomic E-state index is 2.53. The standard InChI is InChI=1S/C65H42N2/c1-4-16-43(17-5-1)45-28-33-51(34-29-45)66-63-37-32-48(47-31-36-62-56(39-47)54-25-13-15-27-61(54)67(62)52-35-30-44-18-10-11-19-46(44)38-52)40-57(63)58-41-60-55(42-64(58)66)53-24-12-14-26-59(53)65(60,49-20-6-2-7-21-49)50-22-8-3-9-23-50/h1-42H. The van der Waals surface area contributed by atoms with Gasteiger partial charge in [-0.25, -0.2) is 0 Å². The maximum Gasteiger partial charge on any atom is 0.0713 e. The van der Waals surface area contributed by atoms with E-state index < -0.39 is 5.41 Å². The van der Waals surface area contributed by atoms with E-state index >= 15 is 0 Å². The molecule has 0 aliphatic heterocycles. The summed E-state index contributed by atoms with van der Waals surface area (Å²) in [6, 6.07) is 94.5. The first kappa shape index (κ1) is 37.6. The zero-order valence-electron chi connectivity index (χ0n) is 36.6. The van der Waals surface area contributed by atoms with Crippen molar-refractivity contribution in [3.8, 4) is 44.8 Å². The van der Waals surface area contributed by atoms with Gasteiger partial charge in [0.25, 0.3) is 0 Å². The van der Waals surface area contributed by atoms with Crippen molar-refractivity contribution >= 4 is 54.4 Å². The van der Waals surface area contributed by atoms with Crippen LogP contribution in [0.15, 0.2) is 255 Å². The quantitative estimate of drug-likeness (QED) is 0.158. The predicted octanol–water partition coefficient (Wildman–Crippen LogP) is 16.7. The van der Waals surface area contributed by atoms with Gasteiger partial charge in [0.1, 0.15) is 0 Å². The Morgan fingerprint density at radius 1 is 0.254 bits per heavy atom. The van der Waals surface area contributed by atoms with Gasteiger partial charge in [0.05, 0.1) is 27.5 Å². The number of hydrogen-bond donors (Lipinski definition) is 0. The fraction of sp³-hybridized carbons (Fsp3) is 0.0154. The van der Waals surface area contributed by atoms with E-state index in [9.17, 15) is 0 Å². The molecule has 1 aliphatic carbocycles. The van der Waals surface area contributed by atoms with Gasteiger partial charge in [-0.15, -0.1) is 0 Å². The number of hydrogen-bond acceptors (Lipinski definition) is 0. The molecule has 2 aromatic heterocycles. The number of para-hydroxylation sites is 1. The van der Waals surface area contributed by atoms with Gasteiger partial charge in [0.15, 0.2) is 0 Å². The molecule has 2 heterocycles. The molecule has 0 saturated heterocycles. The second-order valence-corrected chi connectivity index (χ2v) is 18.0. The molecular weight excluding hydrogens is 809 g/mol. The van der Waals surface area contributed by atoms with Crippen LogP contribution in [0.4, 0.5) is 0 Å². The minimum absolute atomic E-state index is 0.504. The first-order valence-electron chi connectivity index (χ1n) is 23.2. The highest BCUT2D eigenvalue weighted by Gasteiger charge is 2.46. The number of nitrogens with zero attached hydrogens (tertiary/aromatic N) is 2. The van der Waals surface area contributed by atoms with Crippen LogP contribution in [0.3, 0.4) is 0 Å². The summed E-state index contributed by atoms with van der Waals surface area (Å²) < 4.78 is 4.91. The van der Waals surface area contributed by atoms with Crippen molar-refractivity contribution in [1.82, 2.24) is 9.13 Å². The zero-order valence-corrected chi connectivity index (χ0v) is 36.6. The largest absolute Gasteiger partial charge is 0.309 e. The highest BCUT2D eigenvalue weighted by Crippen LogP contribution is 2.57. The van der Waals surface area contributed by atoms with Crippen LogP contribution in [0.1, 0.15) is 22.3 Å². The molecule has 0 spiro atoms. The first-order chi connectivity index (χ1) is 33.2. The van der Waals surface area contributed by atoms with E-state index in [1.165, 1.54) is 116 Å². The molecule has 0 fully saturated rings. The molecule has 1 aliphatic rings. The van der Waals surface area contributed by atoms with E-state index in [-0.39, 0.29) is 0 Å². The molecule has 13 aromatic rings. The van der Waals surface area contributed by atoms with E-state index in [2.05, 4.69) is 264 Å². The van der Waals surface area contributed by atoms with Gasteiger partial charge in [-0.3, -0.25) is 0 Å². The van der Waals surface area contributed by atoms with Crippen LogP contribution < -0.4 is 0 Å². The lowest BCUT2D eigenvalue weighted by atomic mass is 9.67. The fourth-order valence-electron chi connectivity index (χ4n) is 11.6. The third kappa shape index (κ3) is 5.57. The Balaban J connectivity index is 1.02. The second-order valence-electron chi connectivity index (χ2n) is 18.0. The molecule has 2 heteroatoms. The summed E-state index contributed by atoms with van der Waals surface area (Å²) in [6.45, 7) is 0. The highest BCUT2D eigenvalue weighted by atomic mass is 15.0. The van der Waals surface area contributed by atoms with Gasteiger partial charge in [0.2, 0.25) is 0 Å². The summed E-state index contributed by atoms with van der Waals surface area (Å²) >= 11 is 0. The van der Waals surface area contributed by atoms with Crippen LogP contribution in [-0.4, -0.2) is 9.13 Å². The second kappa shape index (κ2) is 14.7. The number of rotatable bonds is 6. The van der Waals surface area contributed by atoms with E-state index in [1.54, 1.807) is 0 Å². The van der Waals surface area contributed by atoms with Crippen molar-refractivity contribution in [3.05, 3.63) is 277 Å². The molecule has 67 heavy (non-hydrogen) atoms. The average molecular weight is 851 g/mol. The molecule has 0 unspecified atom stereocenters. The van der Waals surface area contributed by atoms with Crippen LogP contribution >= 0.6 is 0 Å². The van der Waals surface area contributed by atoms with Gasteiger partial charge in [-0.1, -0.05) is 188 Å². The Morgan fingerprint density at radius 2 is 0.761 bits per heavy atom. The van der Waals surface area contributed by atoms with Crippen molar-refractivity contribution in [1.29, 1.82) is 0 Å². The lowest BCUT2D eigenvalue weighted by Crippen LogP contribution is -2.28. The Labute approximate surface area is 388 Å². The van der Waals surface area contributed by atoms with Crippen LogP contribution in [0, 0.1) is 0 Å². The Morgan fingerprint density at radius 3 is 1.48 bits per heavy atom. The van der Waals surface area contributed by atoms with Crippen molar-refractivity contribution in [3.63, 3.8) is 0 Å². The molecule has 0 saturated carbocycles. The highest BCUT2D eigenvalue weighted by molar-refractivity contribution is 6.14. The summed E-state index contributed by atoms with van der Waals surface area (Å²) in [5.74, 6) is 0. The molecule has 312 valence electrons. The summed E-state index contributed by atoms with van der Waals surface area (Å²) in [4.78, 5) is 0. The molecule has 14 rings (SSSR count). The van der Waals surface area contributed by atoms with Crippen LogP contribution in [0.2, 0.25) is 0 Å². The van der Waals surface area contributed by atoms with E-state index in [1.807, 2.05) is 0 Å². The molecule has 11 aromatic carbocycles. The summed E-state index contributed by atoms with van der Waals surface area (Å²) in [7, 11) is 0. The lowest BCUT2D eigenvalue weighted by Gasteiger charge is -2.34. The van der Waals surface area contributed by atoms with Gasteiger partial charge >= 0.3 is 0 Å². The average Bonchev–Trinajstić information content (AvgIpc) is 4.02. The smallest absolute Gasteiger partial charge is 0.0713 e. The summed E-state index contributed by atoms with van der Waals surface area (Å²) in [5.41, 5.74) is 19.1. The predicted molar refractivity (Wildman–Crippen MR) is 281 cm³/mol. The third-order valence-electron chi connectivity index (χ3n) is 14.6. The normalized spacial score (nSPS) is 12.9. The Kier molecular flexibility index (Phi) is 8.23. The lowest BCUT2D eigenvalue weighted by molar-refractivity contribution is 0.769. The minimum atomic E-state index is -0.504. The van der Waals surface area contributed by atoms with Crippen LogP contribution in [0.5, 0.6) is 0 Å². The Bertz CT molecular complexity index is 4020. The SMILES string of the molecule is c1ccc(-c2ccc(-n3c4ccc(-c5ccc6c(c5)c5ccccc5n6-c5ccc6ccccc6c5)cc4c4cc5c(cc43)-c3ccccc3C5(c3ccccc3)c3ccccc3)cc2)cc1. The zero-order chi connectivity index (χ0) is 44.1. The summed E-state index contributed by atoms with van der Waals surface area (Å²) in [5, 5.41) is 7.44. The van der Waals surface area contributed by atoms with Gasteiger partial charge < -0.3 is 9.13 Å². The fourth-order valence-corrected chi connectivity index (χ4v) is 11.6. The molecule has 0 N–H and O–H groups in total. The van der Waals surface area contributed by atoms with Gasteiger partial charge in [-0.05, 0) is 133 Å². The third-order valence-corrected chi connectivity index (χ3v) is 14.6. The molecular formula is C65H42N2. The van der Waals surface area contributed by atoms with Crippen LogP contribution in [0.25, 0.3) is 99.1 Å². The van der Waals surface area contributed by atoms with Crippen molar-refractivity contribution in [2.45, 2.75) is 5.41 Å². The summed E-state index contributed by atoms with van der Waals surface area (Å²) in [6.07, 6.45) is 0. The van der Waals surface area contributed by atoms with Crippen molar-refractivity contribution in [2.75, 3.05) is 0 Å². The number of aromatic nitrogens is 2. The number of fused-ring (bicyclic) bond motifs is 10. The van der Waals surface area contributed by atoms with Crippen molar-refractivity contribution in [2.24, 2.45) is 0 Å². The molecule has 2 nitrogen and oxygen atoms in total. The van der Waals surface area contributed by atoms with Crippen molar-refractivity contribution < 1.29 is 0 Å². The van der Waals surface area contributed by atoms with Gasteiger partial charge in [0, 0.05) is 32.9 Å². The molecule has 0 amide bonds. The van der Waals surface area contributed by atoms with Crippen LogP contribution in [-0.2, 0) is 5.41 Å². The van der Waals surface area contributed by atoms with E-state index in [4.69, 9.17) is 0 Å². The van der Waals surface area contributed by atoms with Gasteiger partial charge in [-0.2, -0.15) is 0 Å². The van der Waals surface area contributed by atoms with E-state index in [0.717, 1.165) is 5.69 Å². The minimum Gasteiger partial charge on any atom is -0.309 e. The molecule has 0 atom stereocenters. The topological polar surface area (TPSA) is 9.86 Å². The molecule has 0 radical (unpaired) electrons.